The maximum Gasteiger partial charge on any atom is 0.00886 e. The Morgan fingerprint density at radius 3 is 2.27 bits per heavy atom. The second kappa shape index (κ2) is 5.24. The van der Waals surface area contributed by atoms with E-state index in [1.807, 2.05) is 0 Å². The van der Waals surface area contributed by atoms with Crippen LogP contribution in [0.4, 0.5) is 0 Å². The molecule has 0 unspecified atom stereocenters. The molecule has 1 saturated carbocycles. The van der Waals surface area contributed by atoms with Crippen molar-refractivity contribution in [1.29, 1.82) is 0 Å². The summed E-state index contributed by atoms with van der Waals surface area (Å²) in [7, 11) is 0. The highest BCUT2D eigenvalue weighted by Crippen LogP contribution is 2.25. The molecule has 0 spiro atoms. The van der Waals surface area contributed by atoms with Gasteiger partial charge in [-0.25, -0.2) is 0 Å². The van der Waals surface area contributed by atoms with E-state index in [0.717, 1.165) is 12.3 Å². The number of hydrogen-bond acceptors (Lipinski definition) is 0. The zero-order valence-corrected chi connectivity index (χ0v) is 7.31. The van der Waals surface area contributed by atoms with Crippen molar-refractivity contribution in [2.75, 3.05) is 0 Å². The van der Waals surface area contributed by atoms with Crippen LogP contribution >= 0.6 is 0 Å². The first-order valence-corrected chi connectivity index (χ1v) is 4.87. The van der Waals surface area contributed by atoms with Gasteiger partial charge in [0.15, 0.2) is 0 Å². The summed E-state index contributed by atoms with van der Waals surface area (Å²) in [6, 6.07) is 0. The summed E-state index contributed by atoms with van der Waals surface area (Å²) >= 11 is 0. The van der Waals surface area contributed by atoms with Gasteiger partial charge in [0, 0.05) is 6.42 Å². The average molecular weight is 150 g/mol. The first-order valence-electron chi connectivity index (χ1n) is 4.87. The highest BCUT2D eigenvalue weighted by atomic mass is 14.2. The molecule has 11 heavy (non-hydrogen) atoms. The van der Waals surface area contributed by atoms with Crippen LogP contribution in [0.15, 0.2) is 0 Å². The summed E-state index contributed by atoms with van der Waals surface area (Å²) in [6.07, 6.45) is 16.1. The molecule has 0 bridgehead atoms. The van der Waals surface area contributed by atoms with Crippen molar-refractivity contribution >= 4 is 0 Å². The highest BCUT2D eigenvalue weighted by Gasteiger charge is 2.10. The Kier molecular flexibility index (Phi) is 4.12. The predicted molar refractivity (Wildman–Crippen MR) is 49.3 cm³/mol. The van der Waals surface area contributed by atoms with Crippen molar-refractivity contribution in [1.82, 2.24) is 0 Å². The van der Waals surface area contributed by atoms with Crippen molar-refractivity contribution < 1.29 is 0 Å². The molecular formula is C11H18. The zero-order chi connectivity index (χ0) is 7.94. The summed E-state index contributed by atoms with van der Waals surface area (Å²) in [5.74, 6) is 3.69. The van der Waals surface area contributed by atoms with Crippen molar-refractivity contribution in [2.24, 2.45) is 5.92 Å². The third kappa shape index (κ3) is 3.46. The lowest BCUT2D eigenvalue weighted by molar-refractivity contribution is 0.434. The van der Waals surface area contributed by atoms with E-state index in [9.17, 15) is 0 Å². The minimum absolute atomic E-state index is 0.952. The molecule has 0 aliphatic heterocycles. The summed E-state index contributed by atoms with van der Waals surface area (Å²) in [5.41, 5.74) is 0. The lowest BCUT2D eigenvalue weighted by atomic mass is 9.95. The van der Waals surface area contributed by atoms with E-state index in [0.29, 0.717) is 0 Å². The molecule has 1 aliphatic rings. The number of rotatable bonds is 2. The van der Waals surface area contributed by atoms with Crippen molar-refractivity contribution in [3.8, 4) is 12.3 Å². The van der Waals surface area contributed by atoms with Gasteiger partial charge in [-0.2, -0.15) is 0 Å². The molecule has 0 aromatic carbocycles. The molecule has 0 heterocycles. The summed E-state index contributed by atoms with van der Waals surface area (Å²) in [5, 5.41) is 0. The molecule has 0 amide bonds. The van der Waals surface area contributed by atoms with Crippen molar-refractivity contribution in [2.45, 2.75) is 51.4 Å². The van der Waals surface area contributed by atoms with Gasteiger partial charge in [-0.1, -0.05) is 38.5 Å². The van der Waals surface area contributed by atoms with Gasteiger partial charge in [0.05, 0.1) is 0 Å². The second-order valence-electron chi connectivity index (χ2n) is 3.60. The molecule has 0 aromatic heterocycles. The van der Waals surface area contributed by atoms with Crippen LogP contribution in [0.5, 0.6) is 0 Å². The van der Waals surface area contributed by atoms with E-state index in [1.54, 1.807) is 0 Å². The van der Waals surface area contributed by atoms with Crippen molar-refractivity contribution in [3.63, 3.8) is 0 Å². The minimum atomic E-state index is 0.952. The van der Waals surface area contributed by atoms with E-state index in [4.69, 9.17) is 6.42 Å². The molecule has 0 atom stereocenters. The van der Waals surface area contributed by atoms with E-state index < -0.39 is 0 Å². The smallest absolute Gasteiger partial charge is 0.00886 e. The van der Waals surface area contributed by atoms with Gasteiger partial charge in [-0.3, -0.25) is 0 Å². The van der Waals surface area contributed by atoms with Gasteiger partial charge in [0.25, 0.3) is 0 Å². The van der Waals surface area contributed by atoms with Gasteiger partial charge < -0.3 is 0 Å². The quantitative estimate of drug-likeness (QED) is 0.418. The maximum absolute atomic E-state index is 5.23. The van der Waals surface area contributed by atoms with E-state index in [1.165, 1.54) is 44.9 Å². The normalized spacial score (nSPS) is 20.6. The van der Waals surface area contributed by atoms with E-state index >= 15 is 0 Å². The molecule has 0 N–H and O–H groups in total. The molecule has 1 aliphatic carbocycles. The van der Waals surface area contributed by atoms with Crippen molar-refractivity contribution in [3.05, 3.63) is 0 Å². The summed E-state index contributed by atoms with van der Waals surface area (Å²) in [6.45, 7) is 0. The van der Waals surface area contributed by atoms with Gasteiger partial charge in [0.1, 0.15) is 0 Å². The van der Waals surface area contributed by atoms with Gasteiger partial charge in [-0.05, 0) is 12.3 Å². The third-order valence-electron chi connectivity index (χ3n) is 2.67. The largest absolute Gasteiger partial charge is 0.120 e. The Balaban J connectivity index is 2.15. The van der Waals surface area contributed by atoms with Crippen LogP contribution in [-0.2, 0) is 0 Å². The van der Waals surface area contributed by atoms with Crippen LogP contribution in [0, 0.1) is 18.3 Å². The summed E-state index contributed by atoms with van der Waals surface area (Å²) < 4.78 is 0. The predicted octanol–water partition coefficient (Wildman–Crippen LogP) is 3.37. The minimum Gasteiger partial charge on any atom is -0.120 e. The fourth-order valence-corrected chi connectivity index (χ4v) is 1.94. The number of terminal acetylenes is 1. The van der Waals surface area contributed by atoms with Crippen LogP contribution in [0.2, 0.25) is 0 Å². The third-order valence-corrected chi connectivity index (χ3v) is 2.67. The molecule has 1 fully saturated rings. The average Bonchev–Trinajstić information content (AvgIpc) is 2.28. The topological polar surface area (TPSA) is 0 Å². The molecule has 0 heteroatoms. The zero-order valence-electron chi connectivity index (χ0n) is 7.31. The first-order chi connectivity index (χ1) is 5.43. The monoisotopic (exact) mass is 150 g/mol. The van der Waals surface area contributed by atoms with Gasteiger partial charge in [0.2, 0.25) is 0 Å². The molecule has 0 radical (unpaired) electrons. The Labute approximate surface area is 70.4 Å². The van der Waals surface area contributed by atoms with Crippen LogP contribution in [0.1, 0.15) is 51.4 Å². The fourth-order valence-electron chi connectivity index (χ4n) is 1.94. The first kappa shape index (κ1) is 8.65. The molecule has 0 nitrogen and oxygen atoms in total. The lowest BCUT2D eigenvalue weighted by Gasteiger charge is -2.10. The highest BCUT2D eigenvalue weighted by molar-refractivity contribution is 4.84. The second-order valence-corrected chi connectivity index (χ2v) is 3.60. The van der Waals surface area contributed by atoms with Gasteiger partial charge in [-0.15, -0.1) is 12.3 Å². The molecule has 0 saturated heterocycles. The Morgan fingerprint density at radius 1 is 1.09 bits per heavy atom. The molecular weight excluding hydrogens is 132 g/mol. The fraction of sp³-hybridized carbons (Fsp3) is 0.818. The Hall–Kier alpha value is -0.440. The summed E-state index contributed by atoms with van der Waals surface area (Å²) in [4.78, 5) is 0. The Morgan fingerprint density at radius 2 is 1.73 bits per heavy atom. The standard InChI is InChI=1S/C11H18/c1-2-3-8-11-9-6-4-5-7-10-11/h1,11H,3-10H2. The van der Waals surface area contributed by atoms with Gasteiger partial charge >= 0.3 is 0 Å². The van der Waals surface area contributed by atoms with E-state index in [2.05, 4.69) is 5.92 Å². The van der Waals surface area contributed by atoms with Crippen LogP contribution in [-0.4, -0.2) is 0 Å². The maximum atomic E-state index is 5.23. The van der Waals surface area contributed by atoms with Crippen LogP contribution in [0.25, 0.3) is 0 Å². The molecule has 62 valence electrons. The van der Waals surface area contributed by atoms with Crippen LogP contribution < -0.4 is 0 Å². The molecule has 1 rings (SSSR count). The Bertz CT molecular complexity index is 121. The SMILES string of the molecule is C#CCCC1CCCCCC1. The number of hydrogen-bond donors (Lipinski definition) is 0. The molecule has 0 aromatic rings. The van der Waals surface area contributed by atoms with E-state index in [-0.39, 0.29) is 0 Å². The lowest BCUT2D eigenvalue weighted by Crippen LogP contribution is -1.97. The van der Waals surface area contributed by atoms with Crippen LogP contribution in [0.3, 0.4) is 0 Å².